The quantitative estimate of drug-likeness (QED) is 0.0431. The van der Waals surface area contributed by atoms with Crippen LogP contribution in [0, 0.1) is 0 Å². The Kier molecular flexibility index (Phi) is 16.4. The van der Waals surface area contributed by atoms with Crippen LogP contribution in [0.25, 0.3) is 33.7 Å². The van der Waals surface area contributed by atoms with E-state index in [1.165, 1.54) is 0 Å². The molecule has 0 atom stereocenters. The van der Waals surface area contributed by atoms with Crippen LogP contribution in [0.2, 0.25) is 12.1 Å². The smallest absolute Gasteiger partial charge is 0.374 e. The lowest BCUT2D eigenvalue weighted by Gasteiger charge is -2.28. The van der Waals surface area contributed by atoms with Crippen LogP contribution < -0.4 is 0 Å². The van der Waals surface area contributed by atoms with E-state index in [2.05, 4.69) is 118 Å². The summed E-state index contributed by atoms with van der Waals surface area (Å²) in [6.07, 6.45) is 3.94. The molecule has 6 aromatic rings. The first-order valence-corrected chi connectivity index (χ1v) is 25.0. The van der Waals surface area contributed by atoms with Crippen LogP contribution in [-0.2, 0) is 39.6 Å². The Morgan fingerprint density at radius 1 is 0.417 bits per heavy atom. The molecule has 0 bridgehead atoms. The molecule has 12 nitrogen and oxygen atoms in total. The van der Waals surface area contributed by atoms with Gasteiger partial charge in [0, 0.05) is 75.9 Å². The molecule has 0 amide bonds. The summed E-state index contributed by atoms with van der Waals surface area (Å²) in [5, 5.41) is 18.0. The molecule has 0 aliphatic carbocycles. The second-order valence-electron chi connectivity index (χ2n) is 13.8. The monoisotopic (exact) mass is 846 g/mol. The summed E-state index contributed by atoms with van der Waals surface area (Å²) in [5.41, 5.74) is 10.1. The summed E-state index contributed by atoms with van der Waals surface area (Å²) in [6, 6.07) is 39.5. The highest BCUT2D eigenvalue weighted by atomic mass is 28.4. The summed E-state index contributed by atoms with van der Waals surface area (Å²) >= 11 is 0. The van der Waals surface area contributed by atoms with Crippen LogP contribution in [0.5, 0.6) is 0 Å². The first kappa shape index (κ1) is 44.6. The van der Waals surface area contributed by atoms with Crippen molar-refractivity contribution in [3.8, 4) is 22.5 Å². The number of aromatic nitrogens is 6. The average Bonchev–Trinajstić information content (AvgIpc) is 3.96. The van der Waals surface area contributed by atoms with E-state index in [1.54, 1.807) is 0 Å². The van der Waals surface area contributed by atoms with Gasteiger partial charge in [0.25, 0.3) is 0 Å². The van der Waals surface area contributed by atoms with Gasteiger partial charge >= 0.3 is 17.6 Å². The molecule has 6 rings (SSSR count). The van der Waals surface area contributed by atoms with Crippen molar-refractivity contribution >= 4 is 28.8 Å². The molecule has 60 heavy (non-hydrogen) atoms. The Balaban J connectivity index is 1.30. The highest BCUT2D eigenvalue weighted by Gasteiger charge is 2.41. The first-order valence-electron chi connectivity index (χ1n) is 21.1. The summed E-state index contributed by atoms with van der Waals surface area (Å²) in [4.78, 5) is 0. The number of rotatable bonds is 24. The lowest BCUT2D eigenvalue weighted by Crippen LogP contribution is -2.46. The van der Waals surface area contributed by atoms with Crippen molar-refractivity contribution in [1.29, 1.82) is 0 Å². The Hall–Kier alpha value is -4.91. The van der Waals surface area contributed by atoms with Gasteiger partial charge in [-0.2, -0.15) is 0 Å². The van der Waals surface area contributed by atoms with Crippen molar-refractivity contribution in [3.05, 3.63) is 144 Å². The SMILES string of the molecule is CCO[Si](CCn1cc(-c2ccc(/C(=C(\c3ccccc3)c3ccc(-c4cn(CC[Si](OCC)(OCC)OCC)nn4)cc3)c3ccccc3)cc2)nn1)(OCC)OCC. The van der Waals surface area contributed by atoms with Crippen LogP contribution in [0.1, 0.15) is 63.8 Å². The third-order valence-electron chi connectivity index (χ3n) is 9.87. The Labute approximate surface area is 356 Å². The normalized spacial score (nSPS) is 12.5. The Morgan fingerprint density at radius 2 is 0.717 bits per heavy atom. The molecule has 2 heterocycles. The van der Waals surface area contributed by atoms with Gasteiger partial charge in [0.05, 0.1) is 12.4 Å². The summed E-state index contributed by atoms with van der Waals surface area (Å²) in [7, 11) is -5.63. The molecule has 0 aliphatic heterocycles. The zero-order chi connectivity index (χ0) is 42.2. The molecule has 0 spiro atoms. The van der Waals surface area contributed by atoms with Gasteiger partial charge in [0.2, 0.25) is 0 Å². The predicted molar refractivity (Wildman–Crippen MR) is 240 cm³/mol. The van der Waals surface area contributed by atoms with Crippen LogP contribution >= 0.6 is 0 Å². The Morgan fingerprint density at radius 3 is 1.02 bits per heavy atom. The minimum atomic E-state index is -2.81. The molecule has 14 heteroatoms. The molecule has 316 valence electrons. The molecule has 0 N–H and O–H groups in total. The molecule has 0 fully saturated rings. The summed E-state index contributed by atoms with van der Waals surface area (Å²) in [5.74, 6) is 0. The number of hydrogen-bond acceptors (Lipinski definition) is 10. The maximum absolute atomic E-state index is 6.05. The van der Waals surface area contributed by atoms with Crippen molar-refractivity contribution in [2.24, 2.45) is 0 Å². The fourth-order valence-corrected chi connectivity index (χ4v) is 12.3. The van der Waals surface area contributed by atoms with Crippen molar-refractivity contribution in [2.75, 3.05) is 39.6 Å². The van der Waals surface area contributed by atoms with E-state index in [0.29, 0.717) is 64.8 Å². The minimum absolute atomic E-state index is 0.533. The lowest BCUT2D eigenvalue weighted by molar-refractivity contribution is 0.0691. The van der Waals surface area contributed by atoms with Gasteiger partial charge in [0.15, 0.2) is 0 Å². The number of hydrogen-bond donors (Lipinski definition) is 0. The van der Waals surface area contributed by atoms with Crippen LogP contribution in [0.15, 0.2) is 122 Å². The molecular weight excluding hydrogens is 789 g/mol. The van der Waals surface area contributed by atoms with Gasteiger partial charge < -0.3 is 26.6 Å². The fraction of sp³-hybridized carbons (Fsp3) is 0.348. The van der Waals surface area contributed by atoms with Crippen molar-refractivity contribution in [2.45, 2.75) is 66.7 Å². The maximum atomic E-state index is 6.05. The number of benzene rings is 4. The van der Waals surface area contributed by atoms with Crippen LogP contribution in [-0.4, -0.2) is 87.2 Å². The second-order valence-corrected chi connectivity index (χ2v) is 19.3. The molecular formula is C46H58N6O6Si2. The van der Waals surface area contributed by atoms with Gasteiger partial charge in [-0.25, -0.2) is 0 Å². The van der Waals surface area contributed by atoms with Crippen molar-refractivity contribution in [3.63, 3.8) is 0 Å². The minimum Gasteiger partial charge on any atom is -0.374 e. The molecule has 0 unspecified atom stereocenters. The van der Waals surface area contributed by atoms with E-state index in [0.717, 1.165) is 55.9 Å². The second kappa shape index (κ2) is 22.1. The highest BCUT2D eigenvalue weighted by Crippen LogP contribution is 2.38. The van der Waals surface area contributed by atoms with E-state index in [9.17, 15) is 0 Å². The third-order valence-corrected chi connectivity index (χ3v) is 15.9. The summed E-state index contributed by atoms with van der Waals surface area (Å²) in [6.45, 7) is 16.2. The fourth-order valence-electron chi connectivity index (χ4n) is 7.32. The molecule has 2 aromatic heterocycles. The van der Waals surface area contributed by atoms with Gasteiger partial charge in [-0.05, 0) is 74.9 Å². The zero-order valence-corrected chi connectivity index (χ0v) is 37.8. The van der Waals surface area contributed by atoms with E-state index >= 15 is 0 Å². The topological polar surface area (TPSA) is 117 Å². The lowest BCUT2D eigenvalue weighted by atomic mass is 9.85. The van der Waals surface area contributed by atoms with Crippen LogP contribution in [0.4, 0.5) is 0 Å². The van der Waals surface area contributed by atoms with Gasteiger partial charge in [-0.3, -0.25) is 9.36 Å². The average molecular weight is 847 g/mol. The number of nitrogens with zero attached hydrogens (tertiary/aromatic N) is 6. The Bertz CT molecular complexity index is 2020. The highest BCUT2D eigenvalue weighted by molar-refractivity contribution is 6.61. The van der Waals surface area contributed by atoms with Crippen LogP contribution in [0.3, 0.4) is 0 Å². The van der Waals surface area contributed by atoms with E-state index in [1.807, 2.05) is 75.4 Å². The standard InChI is InChI=1S/C46H58N6O6Si2/c1-7-53-59(54-8-2,55-9-3)33-31-51-35-43(47-49-51)37-23-27-41(28-24-37)45(39-19-15-13-16-20-39)46(40-21-17-14-18-22-40)42-29-25-38(26-30-42)44-36-52(50-48-44)32-34-60(56-10-4,57-11-5)58-12-6/h13-30,35-36H,7-12,31-34H2,1-6H3/b46-45+. The third kappa shape index (κ3) is 11.3. The van der Waals surface area contributed by atoms with Gasteiger partial charge in [-0.1, -0.05) is 120 Å². The van der Waals surface area contributed by atoms with Crippen molar-refractivity contribution < 1.29 is 26.6 Å². The summed E-state index contributed by atoms with van der Waals surface area (Å²) < 4.78 is 40.0. The molecule has 4 aromatic carbocycles. The first-order chi connectivity index (χ1) is 29.4. The number of aryl methyl sites for hydroxylation is 2. The molecule has 0 saturated heterocycles. The molecule has 0 aliphatic rings. The van der Waals surface area contributed by atoms with E-state index in [4.69, 9.17) is 26.6 Å². The zero-order valence-electron chi connectivity index (χ0n) is 35.8. The largest absolute Gasteiger partial charge is 0.502 e. The van der Waals surface area contributed by atoms with Gasteiger partial charge in [-0.15, -0.1) is 10.2 Å². The van der Waals surface area contributed by atoms with E-state index < -0.39 is 17.6 Å². The molecule has 0 radical (unpaired) electrons. The molecule has 0 saturated carbocycles. The maximum Gasteiger partial charge on any atom is 0.502 e. The van der Waals surface area contributed by atoms with Crippen molar-refractivity contribution in [1.82, 2.24) is 30.0 Å². The van der Waals surface area contributed by atoms with Gasteiger partial charge in [0.1, 0.15) is 11.4 Å². The predicted octanol–water partition coefficient (Wildman–Crippen LogP) is 9.31. The van der Waals surface area contributed by atoms with E-state index in [-0.39, 0.29) is 0 Å².